The summed E-state index contributed by atoms with van der Waals surface area (Å²) in [5, 5.41) is 0. The zero-order valence-electron chi connectivity index (χ0n) is 12.7. The van der Waals surface area contributed by atoms with E-state index in [1.165, 1.54) is 0 Å². The van der Waals surface area contributed by atoms with E-state index in [0.717, 1.165) is 6.92 Å². The van der Waals surface area contributed by atoms with E-state index in [2.05, 4.69) is 12.5 Å². The van der Waals surface area contributed by atoms with Crippen LogP contribution >= 0.6 is 0 Å². The fourth-order valence-electron chi connectivity index (χ4n) is 0.768. The summed E-state index contributed by atoms with van der Waals surface area (Å²) in [6, 6.07) is 0. The average Bonchev–Trinajstić information content (AvgIpc) is 2.18. The minimum atomic E-state index is -5.18. The van der Waals surface area contributed by atoms with Gasteiger partial charge < -0.3 is 13.7 Å². The summed E-state index contributed by atoms with van der Waals surface area (Å²) >= 11 is 0. The van der Waals surface area contributed by atoms with Crippen LogP contribution in [0.3, 0.4) is 0 Å². The van der Waals surface area contributed by atoms with Gasteiger partial charge in [0.15, 0.2) is 0 Å². The smallest absolute Gasteiger partial charge is 0.726 e. The van der Waals surface area contributed by atoms with E-state index in [1.54, 1.807) is 0 Å². The van der Waals surface area contributed by atoms with Crippen LogP contribution in [0.15, 0.2) is 0 Å². The molecule has 0 radical (unpaired) electrons. The molecule has 0 amide bonds. The van der Waals surface area contributed by atoms with Crippen molar-refractivity contribution in [1.82, 2.24) is 0 Å². The Morgan fingerprint density at radius 1 is 0.652 bits per heavy atom. The van der Waals surface area contributed by atoms with Crippen LogP contribution in [0.4, 0.5) is 0 Å². The second-order valence-electron chi connectivity index (χ2n) is 3.82. The molecule has 0 fully saturated rings. The third-order valence-corrected chi connectivity index (χ3v) is 2.87. The van der Waals surface area contributed by atoms with Crippen molar-refractivity contribution in [2.45, 2.75) is 6.92 Å². The van der Waals surface area contributed by atoms with Crippen LogP contribution in [-0.2, 0) is 43.7 Å². The molecule has 0 unspecified atom stereocenters. The van der Waals surface area contributed by atoms with Crippen molar-refractivity contribution in [3.63, 3.8) is 0 Å². The molecule has 0 aromatic carbocycles. The van der Waals surface area contributed by atoms with Crippen molar-refractivity contribution in [3.05, 3.63) is 0 Å². The van der Waals surface area contributed by atoms with Crippen molar-refractivity contribution >= 4 is 31.2 Å². The van der Waals surface area contributed by atoms with E-state index in [0.29, 0.717) is 0 Å². The van der Waals surface area contributed by atoms with E-state index < -0.39 is 56.4 Å². The first-order chi connectivity index (χ1) is 8.62. The van der Waals surface area contributed by atoms with Gasteiger partial charge in [-0.3, -0.25) is 12.5 Å². The molecule has 0 bridgehead atoms. The molecule has 0 saturated carbocycles. The van der Waals surface area contributed by atoms with Crippen LogP contribution in [0.2, 0.25) is 0 Å². The number of hydrogen-bond acceptors (Lipinski definition) is 12. The van der Waals surface area contributed by atoms with Crippen molar-refractivity contribution in [3.8, 4) is 0 Å². The zero-order valence-corrected chi connectivity index (χ0v) is 21.2. The van der Waals surface area contributed by atoms with Gasteiger partial charge in [0.1, 0.15) is 0 Å². The molecule has 12 nitrogen and oxygen atoms in total. The van der Waals surface area contributed by atoms with Crippen LogP contribution in [0, 0.1) is 5.41 Å². The molecule has 0 aliphatic rings. The van der Waals surface area contributed by atoms with Gasteiger partial charge in [0.2, 0.25) is 31.2 Å². The predicted molar refractivity (Wildman–Crippen MR) is 55.1 cm³/mol. The fourth-order valence-corrected chi connectivity index (χ4v) is 2.05. The van der Waals surface area contributed by atoms with Gasteiger partial charge in [0.25, 0.3) is 0 Å². The Kier molecular flexibility index (Phi) is 18.6. The van der Waals surface area contributed by atoms with Gasteiger partial charge >= 0.3 is 88.7 Å². The summed E-state index contributed by atoms with van der Waals surface area (Å²) in [5.41, 5.74) is -1.88. The van der Waals surface area contributed by atoms with Gasteiger partial charge in [-0.25, -0.2) is 25.3 Å². The Bertz CT molecular complexity index is 537. The van der Waals surface area contributed by atoms with E-state index >= 15 is 0 Å². The Morgan fingerprint density at radius 2 is 0.826 bits per heavy atom. The Morgan fingerprint density at radius 3 is 0.957 bits per heavy atom. The largest absolute Gasteiger partial charge is 1.00 e. The standard InChI is InChI=1S/C5H12O12S3.3Na/c1-5(2-15-18(6,7)8,3-16-19(9,10)11)4-17-20(12,13)14;;;/h2-4H2,1H3,(H,6,7,8)(H,9,10,11)(H,12,13,14);;;/q;3*+1/p-3. The van der Waals surface area contributed by atoms with E-state index in [9.17, 15) is 38.9 Å². The first-order valence-corrected chi connectivity index (χ1v) is 8.43. The monoisotopic (exact) mass is 426 g/mol. The van der Waals surface area contributed by atoms with Gasteiger partial charge in [0.05, 0.1) is 19.8 Å². The number of hydrogen-bond donors (Lipinski definition) is 0. The summed E-state index contributed by atoms with van der Waals surface area (Å²) in [4.78, 5) is 0. The topological polar surface area (TPSA) is 199 Å². The maximum absolute atomic E-state index is 10.3. The molecule has 18 heteroatoms. The molecule has 122 valence electrons. The van der Waals surface area contributed by atoms with Crippen LogP contribution in [0.1, 0.15) is 6.92 Å². The van der Waals surface area contributed by atoms with Crippen LogP contribution < -0.4 is 88.7 Å². The van der Waals surface area contributed by atoms with Crippen LogP contribution in [0.25, 0.3) is 0 Å². The van der Waals surface area contributed by atoms with E-state index in [1.807, 2.05) is 0 Å². The summed E-state index contributed by atoms with van der Waals surface area (Å²) in [6.45, 7) is -2.29. The van der Waals surface area contributed by atoms with Gasteiger partial charge in [-0.1, -0.05) is 6.92 Å². The second kappa shape index (κ2) is 12.9. The van der Waals surface area contributed by atoms with Crippen molar-refractivity contribution in [2.24, 2.45) is 5.41 Å². The predicted octanol–water partition coefficient (Wildman–Crippen LogP) is -11.6. The van der Waals surface area contributed by atoms with Gasteiger partial charge in [-0.15, -0.1) is 0 Å². The van der Waals surface area contributed by atoms with Gasteiger partial charge in [-0.2, -0.15) is 0 Å². The van der Waals surface area contributed by atoms with Gasteiger partial charge in [-0.05, 0) is 0 Å². The molecule has 0 atom stereocenters. The molecule has 0 heterocycles. The fraction of sp³-hybridized carbons (Fsp3) is 1.00. The van der Waals surface area contributed by atoms with Crippen molar-refractivity contribution in [2.75, 3.05) is 19.8 Å². The second-order valence-corrected chi connectivity index (χ2v) is 6.98. The summed E-state index contributed by atoms with van der Waals surface area (Å²) in [5.74, 6) is 0. The SMILES string of the molecule is CC(COS(=O)(=O)[O-])(COS(=O)(=O)[O-])COS(=O)(=O)[O-].[Na+].[Na+].[Na+]. The molecule has 0 aromatic rings. The normalized spacial score (nSPS) is 12.5. The van der Waals surface area contributed by atoms with Crippen molar-refractivity contribution < 1.29 is 140 Å². The first-order valence-electron chi connectivity index (χ1n) is 4.43. The maximum atomic E-state index is 10.3. The molecular weight excluding hydrogens is 417 g/mol. The van der Waals surface area contributed by atoms with Crippen LogP contribution in [-0.4, -0.2) is 58.7 Å². The molecule has 23 heavy (non-hydrogen) atoms. The quantitative estimate of drug-likeness (QED) is 0.192. The number of rotatable bonds is 9. The molecular formula is C5H9Na3O12S3. The Labute approximate surface area is 200 Å². The average molecular weight is 426 g/mol. The van der Waals surface area contributed by atoms with E-state index in [4.69, 9.17) is 0 Å². The molecule has 0 saturated heterocycles. The maximum Gasteiger partial charge on any atom is 1.00 e. The summed E-state index contributed by atoms with van der Waals surface area (Å²) in [6.07, 6.45) is 0. The van der Waals surface area contributed by atoms with Gasteiger partial charge in [0, 0.05) is 5.41 Å². The summed E-state index contributed by atoms with van der Waals surface area (Å²) < 4.78 is 104. The third kappa shape index (κ3) is 22.6. The first kappa shape index (κ1) is 33.2. The van der Waals surface area contributed by atoms with Crippen molar-refractivity contribution in [1.29, 1.82) is 0 Å². The molecule has 0 rings (SSSR count). The minimum absolute atomic E-state index is 0. The molecule has 0 aliphatic carbocycles. The Balaban J connectivity index is -0.000000602. The molecule has 0 aromatic heterocycles. The molecule has 0 aliphatic heterocycles. The molecule has 0 spiro atoms. The summed E-state index contributed by atoms with van der Waals surface area (Å²) in [7, 11) is -15.5. The molecule has 0 N–H and O–H groups in total. The minimum Gasteiger partial charge on any atom is -0.726 e. The van der Waals surface area contributed by atoms with Crippen LogP contribution in [0.5, 0.6) is 0 Å². The third-order valence-electron chi connectivity index (χ3n) is 1.66. The Hall–Kier alpha value is 2.61. The van der Waals surface area contributed by atoms with E-state index in [-0.39, 0.29) is 88.7 Å². The zero-order chi connectivity index (χ0) is 16.2.